The second kappa shape index (κ2) is 5.08. The van der Waals surface area contributed by atoms with Crippen LogP contribution in [0.25, 0.3) is 0 Å². The third-order valence-corrected chi connectivity index (χ3v) is 2.86. The van der Waals surface area contributed by atoms with E-state index in [-0.39, 0.29) is 11.8 Å². The maximum absolute atomic E-state index is 12.9. The van der Waals surface area contributed by atoms with E-state index in [2.05, 4.69) is 5.32 Å². The van der Waals surface area contributed by atoms with Crippen molar-refractivity contribution in [2.45, 2.75) is 19.9 Å². The van der Waals surface area contributed by atoms with Crippen LogP contribution in [0.1, 0.15) is 24.1 Å². The lowest BCUT2D eigenvalue weighted by atomic mass is 10.1. The molecule has 0 spiro atoms. The van der Waals surface area contributed by atoms with E-state index < -0.39 is 5.82 Å². The largest absolute Gasteiger partial charge is 0.507 e. The van der Waals surface area contributed by atoms with Crippen LogP contribution in [0.2, 0.25) is 0 Å². The molecule has 1 atom stereocenters. The Kier molecular flexibility index (Phi) is 3.51. The maximum Gasteiger partial charge on any atom is 0.126 e. The molecule has 1 unspecified atom stereocenters. The summed E-state index contributed by atoms with van der Waals surface area (Å²) in [5.41, 5.74) is 2.82. The van der Waals surface area contributed by atoms with Gasteiger partial charge >= 0.3 is 0 Å². The SMILES string of the molecule is Cc1cccc(NC(C)c2ccc(F)cc2O)c1. The van der Waals surface area contributed by atoms with Crippen LogP contribution in [0.3, 0.4) is 0 Å². The average molecular weight is 245 g/mol. The molecule has 0 radical (unpaired) electrons. The van der Waals surface area contributed by atoms with Crippen LogP contribution in [-0.2, 0) is 0 Å². The van der Waals surface area contributed by atoms with E-state index in [0.717, 1.165) is 17.3 Å². The Labute approximate surface area is 106 Å². The number of halogens is 1. The highest BCUT2D eigenvalue weighted by Crippen LogP contribution is 2.27. The Hall–Kier alpha value is -2.03. The molecule has 0 saturated carbocycles. The smallest absolute Gasteiger partial charge is 0.126 e. The van der Waals surface area contributed by atoms with Crippen molar-refractivity contribution < 1.29 is 9.50 Å². The van der Waals surface area contributed by atoms with Crippen molar-refractivity contribution in [3.8, 4) is 5.75 Å². The number of nitrogens with one attached hydrogen (secondary N) is 1. The minimum atomic E-state index is -0.431. The summed E-state index contributed by atoms with van der Waals surface area (Å²) in [7, 11) is 0. The lowest BCUT2D eigenvalue weighted by Gasteiger charge is -2.17. The third kappa shape index (κ3) is 2.80. The number of aryl methyl sites for hydroxylation is 1. The summed E-state index contributed by atoms with van der Waals surface area (Å²) < 4.78 is 12.9. The molecular weight excluding hydrogens is 229 g/mol. The van der Waals surface area contributed by atoms with Gasteiger partial charge in [0, 0.05) is 17.3 Å². The Balaban J connectivity index is 2.19. The predicted molar refractivity (Wildman–Crippen MR) is 71.3 cm³/mol. The van der Waals surface area contributed by atoms with Gasteiger partial charge in [-0.1, -0.05) is 18.2 Å². The van der Waals surface area contributed by atoms with Gasteiger partial charge in [-0.15, -0.1) is 0 Å². The van der Waals surface area contributed by atoms with Gasteiger partial charge in [0.15, 0.2) is 0 Å². The minimum absolute atomic E-state index is 0.0253. The van der Waals surface area contributed by atoms with Gasteiger partial charge in [0.05, 0.1) is 6.04 Å². The van der Waals surface area contributed by atoms with Gasteiger partial charge in [-0.05, 0) is 37.6 Å². The molecule has 0 aliphatic carbocycles. The fourth-order valence-corrected chi connectivity index (χ4v) is 1.95. The van der Waals surface area contributed by atoms with E-state index in [9.17, 15) is 9.50 Å². The first-order chi connectivity index (χ1) is 8.56. The highest BCUT2D eigenvalue weighted by atomic mass is 19.1. The summed E-state index contributed by atoms with van der Waals surface area (Å²) >= 11 is 0. The molecule has 2 aromatic carbocycles. The second-order valence-electron chi connectivity index (χ2n) is 4.44. The van der Waals surface area contributed by atoms with Crippen molar-refractivity contribution in [3.05, 3.63) is 59.4 Å². The molecular formula is C15H16FNO. The zero-order valence-corrected chi connectivity index (χ0v) is 10.4. The first-order valence-electron chi connectivity index (χ1n) is 5.88. The standard InChI is InChI=1S/C15H16FNO/c1-10-4-3-5-13(8-10)17-11(2)14-7-6-12(16)9-15(14)18/h3-9,11,17-18H,1-2H3. The molecule has 0 aromatic heterocycles. The molecule has 2 rings (SSSR count). The Morgan fingerprint density at radius 1 is 1.17 bits per heavy atom. The maximum atomic E-state index is 12.9. The van der Waals surface area contributed by atoms with E-state index in [1.807, 2.05) is 38.1 Å². The van der Waals surface area contributed by atoms with E-state index in [1.165, 1.54) is 6.07 Å². The van der Waals surface area contributed by atoms with Crippen molar-refractivity contribution in [2.24, 2.45) is 0 Å². The van der Waals surface area contributed by atoms with Crippen molar-refractivity contribution in [2.75, 3.05) is 5.32 Å². The number of anilines is 1. The Morgan fingerprint density at radius 3 is 2.61 bits per heavy atom. The summed E-state index contributed by atoms with van der Waals surface area (Å²) in [6.07, 6.45) is 0. The van der Waals surface area contributed by atoms with Gasteiger partial charge in [-0.25, -0.2) is 4.39 Å². The number of phenolic OH excluding ortho intramolecular Hbond substituents is 1. The van der Waals surface area contributed by atoms with E-state index >= 15 is 0 Å². The highest BCUT2D eigenvalue weighted by Gasteiger charge is 2.10. The number of rotatable bonds is 3. The van der Waals surface area contributed by atoms with E-state index in [4.69, 9.17) is 0 Å². The highest BCUT2D eigenvalue weighted by molar-refractivity contribution is 5.49. The summed E-state index contributed by atoms with van der Waals surface area (Å²) in [6.45, 7) is 3.94. The van der Waals surface area contributed by atoms with Crippen LogP contribution in [0, 0.1) is 12.7 Å². The van der Waals surface area contributed by atoms with Crippen LogP contribution in [0.15, 0.2) is 42.5 Å². The van der Waals surface area contributed by atoms with Gasteiger partial charge < -0.3 is 10.4 Å². The zero-order valence-electron chi connectivity index (χ0n) is 10.4. The molecule has 0 aliphatic rings. The second-order valence-corrected chi connectivity index (χ2v) is 4.44. The number of benzene rings is 2. The summed E-state index contributed by atoms with van der Waals surface area (Å²) in [6, 6.07) is 12.0. The Morgan fingerprint density at radius 2 is 1.94 bits per heavy atom. The molecule has 0 fully saturated rings. The van der Waals surface area contributed by atoms with Crippen molar-refractivity contribution in [1.82, 2.24) is 0 Å². The molecule has 0 amide bonds. The predicted octanol–water partition coefficient (Wildman–Crippen LogP) is 4.01. The monoisotopic (exact) mass is 245 g/mol. The molecule has 94 valence electrons. The van der Waals surface area contributed by atoms with Gasteiger partial charge in [0.25, 0.3) is 0 Å². The molecule has 0 bridgehead atoms. The first-order valence-corrected chi connectivity index (χ1v) is 5.88. The number of aromatic hydroxyl groups is 1. The van der Waals surface area contributed by atoms with Crippen LogP contribution in [0.5, 0.6) is 5.75 Å². The fraction of sp³-hybridized carbons (Fsp3) is 0.200. The molecule has 2 aromatic rings. The molecule has 3 heteroatoms. The molecule has 0 heterocycles. The van der Waals surface area contributed by atoms with Crippen LogP contribution in [0.4, 0.5) is 10.1 Å². The molecule has 2 nitrogen and oxygen atoms in total. The van der Waals surface area contributed by atoms with Crippen molar-refractivity contribution in [3.63, 3.8) is 0 Å². The molecule has 2 N–H and O–H groups in total. The Bertz CT molecular complexity index is 554. The normalized spacial score (nSPS) is 12.2. The topological polar surface area (TPSA) is 32.3 Å². The fourth-order valence-electron chi connectivity index (χ4n) is 1.95. The van der Waals surface area contributed by atoms with Crippen LogP contribution < -0.4 is 5.32 Å². The number of hydrogen-bond acceptors (Lipinski definition) is 2. The summed E-state index contributed by atoms with van der Waals surface area (Å²) in [4.78, 5) is 0. The first kappa shape index (κ1) is 12.4. The molecule has 18 heavy (non-hydrogen) atoms. The number of hydrogen-bond donors (Lipinski definition) is 2. The zero-order chi connectivity index (χ0) is 13.1. The lowest BCUT2D eigenvalue weighted by molar-refractivity contribution is 0.459. The summed E-state index contributed by atoms with van der Waals surface area (Å²) in [5, 5.41) is 13.0. The van der Waals surface area contributed by atoms with Gasteiger partial charge in [-0.3, -0.25) is 0 Å². The van der Waals surface area contributed by atoms with Crippen LogP contribution >= 0.6 is 0 Å². The molecule has 0 aliphatic heterocycles. The summed E-state index contributed by atoms with van der Waals surface area (Å²) in [5.74, 6) is -0.457. The van der Waals surface area contributed by atoms with Crippen LogP contribution in [-0.4, -0.2) is 5.11 Å². The minimum Gasteiger partial charge on any atom is -0.507 e. The average Bonchev–Trinajstić information content (AvgIpc) is 2.28. The lowest BCUT2D eigenvalue weighted by Crippen LogP contribution is -2.07. The van der Waals surface area contributed by atoms with E-state index in [0.29, 0.717) is 5.56 Å². The third-order valence-electron chi connectivity index (χ3n) is 2.86. The van der Waals surface area contributed by atoms with E-state index in [1.54, 1.807) is 6.07 Å². The molecule has 0 saturated heterocycles. The van der Waals surface area contributed by atoms with Gasteiger partial charge in [0.2, 0.25) is 0 Å². The van der Waals surface area contributed by atoms with Gasteiger partial charge in [-0.2, -0.15) is 0 Å². The number of phenols is 1. The van der Waals surface area contributed by atoms with Gasteiger partial charge in [0.1, 0.15) is 11.6 Å². The van der Waals surface area contributed by atoms with Crippen molar-refractivity contribution in [1.29, 1.82) is 0 Å². The van der Waals surface area contributed by atoms with Crippen molar-refractivity contribution >= 4 is 5.69 Å². The quantitative estimate of drug-likeness (QED) is 0.856.